The summed E-state index contributed by atoms with van der Waals surface area (Å²) < 4.78 is 32.4. The molecule has 4 N–H and O–H groups in total. The normalized spacial score (nSPS) is 9.96. The fourth-order valence-corrected chi connectivity index (χ4v) is 2.20. The number of rotatable bonds is 3. The Balaban J connectivity index is 0.00000169. The number of aryl methyl sites for hydroxylation is 1. The van der Waals surface area contributed by atoms with Gasteiger partial charge < -0.3 is 28.2 Å². The van der Waals surface area contributed by atoms with Crippen LogP contribution in [0.5, 0.6) is 0 Å². The number of nitrogen functional groups attached to an aromatic ring is 1. The van der Waals surface area contributed by atoms with Gasteiger partial charge in [0, 0.05) is 17.0 Å². The number of hydrogen-bond donors (Lipinski definition) is 3. The van der Waals surface area contributed by atoms with Gasteiger partial charge in [-0.15, -0.1) is 0 Å². The summed E-state index contributed by atoms with van der Waals surface area (Å²) >= 11 is 0. The van der Waals surface area contributed by atoms with Crippen molar-refractivity contribution in [1.82, 2.24) is 15.3 Å². The summed E-state index contributed by atoms with van der Waals surface area (Å²) in [6.45, 7) is 1.66. The van der Waals surface area contributed by atoms with Crippen LogP contribution in [-0.2, 0) is 6.54 Å². The molecule has 0 unspecified atom stereocenters. The number of carbonyl (C=O) groups excluding carboxylic acids is 1. The number of anilines is 2. The van der Waals surface area contributed by atoms with E-state index < -0.39 is 17.7 Å². The first-order valence-electron chi connectivity index (χ1n) is 6.93. The van der Waals surface area contributed by atoms with Gasteiger partial charge in [0.05, 0.1) is 24.6 Å². The van der Waals surface area contributed by atoms with Gasteiger partial charge in [0.15, 0.2) is 11.4 Å². The molecule has 10 heteroatoms. The van der Waals surface area contributed by atoms with Gasteiger partial charge in [-0.25, -0.2) is 23.5 Å². The molecular formula is C16H16CsF2N5O2. The van der Waals surface area contributed by atoms with Gasteiger partial charge in [-0.3, -0.25) is 0 Å². The van der Waals surface area contributed by atoms with Gasteiger partial charge in [-0.2, -0.15) is 0 Å². The Bertz CT molecular complexity index is 915. The summed E-state index contributed by atoms with van der Waals surface area (Å²) in [4.78, 5) is 19.3. The average molecular weight is 481 g/mol. The zero-order valence-corrected chi connectivity index (χ0v) is 20.8. The third kappa shape index (κ3) is 5.18. The van der Waals surface area contributed by atoms with Gasteiger partial charge in [0.2, 0.25) is 5.95 Å². The zero-order chi connectivity index (χ0) is 17.3. The van der Waals surface area contributed by atoms with E-state index in [4.69, 9.17) is 10.2 Å². The standard InChI is InChI=1S/C15H13F2N5O2.CH3.Cs/c1-7-10-2-8(16)3-11(17)13(10)24-12(7)6-21-15(23)22-9-4-19-14(18)20-5-9;;/h2-5H,6H2,1H3,(H2,18,19,20)(H2,21,22,23);1H3;/q;-1;+1. The molecule has 3 rings (SSSR count). The Kier molecular flexibility index (Phi) is 8.50. The Morgan fingerprint density at radius 2 is 1.92 bits per heavy atom. The number of nitrogens with zero attached hydrogens (tertiary/aromatic N) is 2. The topological polar surface area (TPSA) is 106 Å². The maximum absolute atomic E-state index is 13.7. The number of amides is 2. The molecule has 7 nitrogen and oxygen atoms in total. The molecule has 2 aromatic heterocycles. The van der Waals surface area contributed by atoms with Crippen LogP contribution in [0, 0.1) is 26.0 Å². The Morgan fingerprint density at radius 3 is 2.58 bits per heavy atom. The number of aromatic nitrogens is 2. The minimum Gasteiger partial charge on any atom is -0.456 e. The molecule has 0 saturated heterocycles. The van der Waals surface area contributed by atoms with Crippen LogP contribution in [0.4, 0.5) is 25.2 Å². The number of hydrogen-bond acceptors (Lipinski definition) is 5. The van der Waals surface area contributed by atoms with Crippen molar-refractivity contribution in [1.29, 1.82) is 0 Å². The minimum absolute atomic E-state index is 0. The van der Waals surface area contributed by atoms with Gasteiger partial charge in [0.1, 0.15) is 11.6 Å². The molecule has 0 saturated carbocycles. The third-order valence-corrected chi connectivity index (χ3v) is 3.40. The van der Waals surface area contributed by atoms with Crippen molar-refractivity contribution >= 4 is 28.6 Å². The van der Waals surface area contributed by atoms with E-state index in [0.29, 0.717) is 22.4 Å². The molecule has 1 aromatic carbocycles. The monoisotopic (exact) mass is 481 g/mol. The quantitative estimate of drug-likeness (QED) is 0.463. The number of fused-ring (bicyclic) bond motifs is 1. The van der Waals surface area contributed by atoms with Crippen molar-refractivity contribution in [2.75, 3.05) is 11.1 Å². The summed E-state index contributed by atoms with van der Waals surface area (Å²) in [5, 5.41) is 5.39. The van der Waals surface area contributed by atoms with Crippen LogP contribution in [-0.4, -0.2) is 16.0 Å². The summed E-state index contributed by atoms with van der Waals surface area (Å²) in [6, 6.07) is 1.40. The first-order valence-corrected chi connectivity index (χ1v) is 6.93. The van der Waals surface area contributed by atoms with Crippen LogP contribution in [0.1, 0.15) is 11.3 Å². The number of nitrogens with one attached hydrogen (secondary N) is 2. The minimum atomic E-state index is -0.789. The van der Waals surface area contributed by atoms with Gasteiger partial charge in [-0.05, 0) is 13.0 Å². The number of carbonyl (C=O) groups is 1. The van der Waals surface area contributed by atoms with Crippen LogP contribution in [0.25, 0.3) is 11.0 Å². The summed E-state index contributed by atoms with van der Waals surface area (Å²) in [5.41, 5.74) is 6.22. The Labute approximate surface area is 207 Å². The van der Waals surface area contributed by atoms with Crippen molar-refractivity contribution in [3.8, 4) is 0 Å². The fraction of sp³-hybridized carbons (Fsp3) is 0.125. The maximum atomic E-state index is 13.7. The van der Waals surface area contributed by atoms with Crippen molar-refractivity contribution < 1.29 is 86.9 Å². The second-order valence-electron chi connectivity index (χ2n) is 5.05. The van der Waals surface area contributed by atoms with E-state index in [1.807, 2.05) is 0 Å². The third-order valence-electron chi connectivity index (χ3n) is 3.40. The van der Waals surface area contributed by atoms with E-state index in [1.54, 1.807) is 6.92 Å². The number of halogens is 2. The van der Waals surface area contributed by atoms with E-state index in [1.165, 1.54) is 18.5 Å². The molecule has 0 spiro atoms. The van der Waals surface area contributed by atoms with Crippen molar-refractivity contribution in [3.05, 3.63) is 54.9 Å². The molecule has 132 valence electrons. The zero-order valence-electron chi connectivity index (χ0n) is 14.6. The predicted molar refractivity (Wildman–Crippen MR) is 89.6 cm³/mol. The summed E-state index contributed by atoms with van der Waals surface area (Å²) in [7, 11) is 0. The molecule has 0 aliphatic heterocycles. The molecule has 0 bridgehead atoms. The van der Waals surface area contributed by atoms with Crippen LogP contribution in [0.2, 0.25) is 0 Å². The van der Waals surface area contributed by atoms with Gasteiger partial charge in [0.25, 0.3) is 0 Å². The predicted octanol–water partition coefficient (Wildman–Crippen LogP) is 0.168. The average Bonchev–Trinajstić information content (AvgIpc) is 2.85. The largest absolute Gasteiger partial charge is 1.00 e. The molecule has 26 heavy (non-hydrogen) atoms. The summed E-state index contributed by atoms with van der Waals surface area (Å²) in [5.74, 6) is -1.06. The second-order valence-corrected chi connectivity index (χ2v) is 5.05. The molecule has 2 heterocycles. The van der Waals surface area contributed by atoms with E-state index in [9.17, 15) is 13.6 Å². The van der Waals surface area contributed by atoms with Crippen LogP contribution < -0.4 is 85.3 Å². The number of nitrogens with two attached hydrogens (primary N) is 1. The molecular weight excluding hydrogens is 465 g/mol. The Morgan fingerprint density at radius 1 is 1.27 bits per heavy atom. The second kappa shape index (κ2) is 9.67. The molecule has 0 aliphatic rings. The van der Waals surface area contributed by atoms with Crippen molar-refractivity contribution in [2.45, 2.75) is 13.5 Å². The van der Waals surface area contributed by atoms with E-state index in [-0.39, 0.29) is 94.4 Å². The molecule has 3 aromatic rings. The first-order chi connectivity index (χ1) is 11.4. The van der Waals surface area contributed by atoms with Crippen LogP contribution in [0.15, 0.2) is 28.9 Å². The number of furan rings is 1. The van der Waals surface area contributed by atoms with E-state index >= 15 is 0 Å². The number of urea groups is 1. The summed E-state index contributed by atoms with van der Waals surface area (Å²) in [6.07, 6.45) is 2.71. The Hall–Kier alpha value is -1.18. The van der Waals surface area contributed by atoms with E-state index in [0.717, 1.165) is 6.07 Å². The first kappa shape index (κ1) is 22.9. The van der Waals surface area contributed by atoms with Crippen LogP contribution >= 0.6 is 0 Å². The molecule has 0 aliphatic carbocycles. The molecule has 2 amide bonds. The molecule has 0 fully saturated rings. The fourth-order valence-electron chi connectivity index (χ4n) is 2.20. The SMILES string of the molecule is Cc1c(CNC(=O)Nc2cnc(N)nc2)oc2c(F)cc(F)cc12.[CH3-].[Cs+]. The van der Waals surface area contributed by atoms with Gasteiger partial charge in [-0.1, -0.05) is 0 Å². The van der Waals surface area contributed by atoms with E-state index in [2.05, 4.69) is 20.6 Å². The molecule has 0 atom stereocenters. The van der Waals surface area contributed by atoms with Crippen molar-refractivity contribution in [3.63, 3.8) is 0 Å². The van der Waals surface area contributed by atoms with Crippen LogP contribution in [0.3, 0.4) is 0 Å². The van der Waals surface area contributed by atoms with Gasteiger partial charge >= 0.3 is 74.9 Å². The molecule has 0 radical (unpaired) electrons. The maximum Gasteiger partial charge on any atom is 1.00 e. The van der Waals surface area contributed by atoms with Crippen molar-refractivity contribution in [2.24, 2.45) is 0 Å². The number of benzene rings is 1. The smallest absolute Gasteiger partial charge is 0.456 e.